The Bertz CT molecular complexity index is 746. The summed E-state index contributed by atoms with van der Waals surface area (Å²) in [6, 6.07) is 5.70. The van der Waals surface area contributed by atoms with E-state index in [9.17, 15) is 27.9 Å². The smallest absolute Gasteiger partial charge is 0.872 e. The normalized spacial score (nSPS) is 17.5. The molecule has 1 atom stereocenters. The maximum atomic E-state index is 11.7. The summed E-state index contributed by atoms with van der Waals surface area (Å²) in [4.78, 5) is 39.4. The molecule has 1 aliphatic heterocycles. The monoisotopic (exact) mass is 365 g/mol. The number of nitrogens with zero attached hydrogens (tertiary/aromatic N) is 1. The third-order valence-corrected chi connectivity index (χ3v) is 4.24. The van der Waals surface area contributed by atoms with E-state index in [2.05, 4.69) is 4.84 Å². The molecule has 1 saturated heterocycles. The van der Waals surface area contributed by atoms with Crippen molar-refractivity contribution in [3.63, 3.8) is 0 Å². The van der Waals surface area contributed by atoms with Gasteiger partial charge in [0.05, 0.1) is 12.8 Å². The number of imide groups is 1. The maximum absolute atomic E-state index is 11.7. The molecule has 124 valence electrons. The summed E-state index contributed by atoms with van der Waals surface area (Å²) in [5, 5.41) is 9.04. The van der Waals surface area contributed by atoms with Crippen LogP contribution in [0.5, 0.6) is 5.75 Å². The van der Waals surface area contributed by atoms with Crippen LogP contribution < -0.4 is 34.7 Å². The standard InChI is InChI=1S/C13H13NO8S.Na/c15-9-4-1-8(2-5-9)3-6-12(17)22-14-11(16)7-10(13(14)18)23(19,20)21;/h1-2,4-5,10,15H,3,6-7H2,(H,19,20,21);/q;+1/p-1. The Morgan fingerprint density at radius 3 is 2.38 bits per heavy atom. The number of hydroxylamine groups is 2. The second kappa shape index (κ2) is 8.08. The molecule has 0 aromatic heterocycles. The van der Waals surface area contributed by atoms with Gasteiger partial charge in [0.1, 0.15) is 0 Å². The molecular weight excluding hydrogens is 353 g/mol. The van der Waals surface area contributed by atoms with E-state index < -0.39 is 39.6 Å². The van der Waals surface area contributed by atoms with Gasteiger partial charge in [-0.05, 0) is 12.0 Å². The minimum atomic E-state index is -4.75. The molecule has 1 N–H and O–H groups in total. The second-order valence-electron chi connectivity index (χ2n) is 4.84. The third kappa shape index (κ3) is 5.02. The van der Waals surface area contributed by atoms with Crippen LogP contribution in [0, 0.1) is 0 Å². The zero-order chi connectivity index (χ0) is 17.2. The first-order valence-corrected chi connectivity index (χ1v) is 7.98. The van der Waals surface area contributed by atoms with Gasteiger partial charge in [-0.15, -0.1) is 10.8 Å². The molecule has 11 heteroatoms. The Hall–Kier alpha value is -1.46. The number of aryl methyl sites for hydroxylation is 1. The van der Waals surface area contributed by atoms with E-state index in [1.54, 1.807) is 0 Å². The number of carbonyl (C=O) groups is 3. The molecule has 1 aromatic carbocycles. The Balaban J connectivity index is 0.00000288. The van der Waals surface area contributed by atoms with Gasteiger partial charge in [0, 0.05) is 0 Å². The zero-order valence-electron chi connectivity index (χ0n) is 12.7. The summed E-state index contributed by atoms with van der Waals surface area (Å²) >= 11 is 0. The number of carbonyl (C=O) groups excluding carboxylic acids is 3. The van der Waals surface area contributed by atoms with Crippen LogP contribution in [0.1, 0.15) is 18.4 Å². The molecule has 0 radical (unpaired) electrons. The fourth-order valence-electron chi connectivity index (χ4n) is 1.96. The molecule has 24 heavy (non-hydrogen) atoms. The van der Waals surface area contributed by atoms with E-state index >= 15 is 0 Å². The first-order chi connectivity index (χ1) is 10.7. The Morgan fingerprint density at radius 1 is 1.29 bits per heavy atom. The molecule has 2 rings (SSSR count). The average Bonchev–Trinajstić information content (AvgIpc) is 2.75. The minimum absolute atomic E-state index is 0. The molecule has 1 heterocycles. The molecular formula is C13H12NNaO8S. The van der Waals surface area contributed by atoms with Gasteiger partial charge in [-0.3, -0.25) is 14.1 Å². The largest absolute Gasteiger partial charge is 1.00 e. The van der Waals surface area contributed by atoms with Crippen molar-refractivity contribution in [3.05, 3.63) is 29.8 Å². The average molecular weight is 365 g/mol. The summed E-state index contributed by atoms with van der Waals surface area (Å²) in [6.45, 7) is 0. The molecule has 1 aliphatic rings. The molecule has 0 bridgehead atoms. The van der Waals surface area contributed by atoms with Crippen molar-refractivity contribution >= 4 is 27.9 Å². The fourth-order valence-corrected chi connectivity index (χ4v) is 2.66. The van der Waals surface area contributed by atoms with Gasteiger partial charge in [0.15, 0.2) is 5.25 Å². The minimum Gasteiger partial charge on any atom is -0.872 e. The van der Waals surface area contributed by atoms with Crippen LogP contribution >= 0.6 is 0 Å². The van der Waals surface area contributed by atoms with Gasteiger partial charge in [-0.25, -0.2) is 4.79 Å². The van der Waals surface area contributed by atoms with E-state index in [1.165, 1.54) is 24.3 Å². The quantitative estimate of drug-likeness (QED) is 0.318. The van der Waals surface area contributed by atoms with Crippen LogP contribution in [0.3, 0.4) is 0 Å². The summed E-state index contributed by atoms with van der Waals surface area (Å²) in [6.07, 6.45) is -0.765. The van der Waals surface area contributed by atoms with Crippen molar-refractivity contribution < 1.29 is 66.9 Å². The molecule has 0 saturated carbocycles. The summed E-state index contributed by atoms with van der Waals surface area (Å²) < 4.78 is 30.7. The molecule has 0 spiro atoms. The van der Waals surface area contributed by atoms with Gasteiger partial charge in [0.25, 0.3) is 21.9 Å². The maximum Gasteiger partial charge on any atom is 1.00 e. The van der Waals surface area contributed by atoms with Gasteiger partial charge in [-0.1, -0.05) is 24.3 Å². The van der Waals surface area contributed by atoms with Crippen LogP contribution in [-0.2, 0) is 35.8 Å². The van der Waals surface area contributed by atoms with E-state index in [1.807, 2.05) is 0 Å². The Morgan fingerprint density at radius 2 is 1.88 bits per heavy atom. The van der Waals surface area contributed by atoms with Gasteiger partial charge < -0.3 is 9.94 Å². The molecule has 1 aromatic rings. The Labute approximate surface area is 159 Å². The first kappa shape index (κ1) is 20.6. The van der Waals surface area contributed by atoms with Gasteiger partial charge >= 0.3 is 35.5 Å². The van der Waals surface area contributed by atoms with Crippen molar-refractivity contribution in [1.82, 2.24) is 5.06 Å². The van der Waals surface area contributed by atoms with Gasteiger partial charge in [-0.2, -0.15) is 8.42 Å². The summed E-state index contributed by atoms with van der Waals surface area (Å²) in [7, 11) is -4.75. The molecule has 0 aliphatic carbocycles. The van der Waals surface area contributed by atoms with Crippen molar-refractivity contribution in [3.8, 4) is 5.75 Å². The van der Waals surface area contributed by atoms with E-state index in [4.69, 9.17) is 4.55 Å². The predicted octanol–water partition coefficient (Wildman–Crippen LogP) is -3.83. The van der Waals surface area contributed by atoms with E-state index in [0.717, 1.165) is 0 Å². The summed E-state index contributed by atoms with van der Waals surface area (Å²) in [5.41, 5.74) is 0.677. The van der Waals surface area contributed by atoms with Crippen LogP contribution in [0.15, 0.2) is 24.3 Å². The van der Waals surface area contributed by atoms with E-state index in [-0.39, 0.29) is 53.2 Å². The van der Waals surface area contributed by atoms with Crippen molar-refractivity contribution in [1.29, 1.82) is 0 Å². The number of amides is 2. The van der Waals surface area contributed by atoms with Crippen molar-refractivity contribution in [2.45, 2.75) is 24.5 Å². The van der Waals surface area contributed by atoms with Crippen molar-refractivity contribution in [2.24, 2.45) is 0 Å². The van der Waals surface area contributed by atoms with Crippen molar-refractivity contribution in [2.75, 3.05) is 0 Å². The Kier molecular flexibility index (Phi) is 6.93. The van der Waals surface area contributed by atoms with Crippen LogP contribution in [-0.4, -0.2) is 41.1 Å². The molecule has 1 fully saturated rings. The van der Waals surface area contributed by atoms with Crippen LogP contribution in [0.2, 0.25) is 0 Å². The van der Waals surface area contributed by atoms with Crippen LogP contribution in [0.25, 0.3) is 0 Å². The number of rotatable bonds is 5. The fraction of sp³-hybridized carbons (Fsp3) is 0.308. The number of benzene rings is 1. The second-order valence-corrected chi connectivity index (χ2v) is 6.44. The van der Waals surface area contributed by atoms with E-state index in [0.29, 0.717) is 5.56 Å². The topological polar surface area (TPSA) is 141 Å². The molecule has 1 unspecified atom stereocenters. The third-order valence-electron chi connectivity index (χ3n) is 3.16. The SMILES string of the molecule is O=C(CCc1ccc([O-])cc1)ON1C(=O)CC(S(=O)(=O)O)C1=O.[Na+]. The van der Waals surface area contributed by atoms with Gasteiger partial charge in [0.2, 0.25) is 0 Å². The predicted molar refractivity (Wildman–Crippen MR) is 72.1 cm³/mol. The van der Waals surface area contributed by atoms with Crippen LogP contribution in [0.4, 0.5) is 0 Å². The molecule has 9 nitrogen and oxygen atoms in total. The number of hydrogen-bond donors (Lipinski definition) is 1. The number of hydrogen-bond acceptors (Lipinski definition) is 7. The summed E-state index contributed by atoms with van der Waals surface area (Å²) in [5.74, 6) is -3.43. The molecule has 2 amide bonds. The zero-order valence-corrected chi connectivity index (χ0v) is 15.5. The first-order valence-electron chi connectivity index (χ1n) is 6.48.